The fourth-order valence-corrected chi connectivity index (χ4v) is 7.17. The van der Waals surface area contributed by atoms with Crippen LogP contribution in [0.25, 0.3) is 0 Å². The number of quaternary nitrogens is 1. The Bertz CT molecular complexity index is 1050. The molecule has 0 radical (unpaired) electrons. The first-order valence-electron chi connectivity index (χ1n) is 25.5. The van der Waals surface area contributed by atoms with Gasteiger partial charge < -0.3 is 28.5 Å². The van der Waals surface area contributed by atoms with Gasteiger partial charge in [0.25, 0.3) is 6.29 Å². The van der Waals surface area contributed by atoms with E-state index in [1.165, 1.54) is 141 Å². The summed E-state index contributed by atoms with van der Waals surface area (Å²) in [5, 5.41) is 9.65. The molecule has 0 aromatic carbocycles. The summed E-state index contributed by atoms with van der Waals surface area (Å²) in [7, 11) is 5.96. The number of carbonyl (C=O) groups is 3. The van der Waals surface area contributed by atoms with Gasteiger partial charge in [0.15, 0.2) is 6.10 Å². The average Bonchev–Trinajstić information content (AvgIpc) is 3.22. The Balaban J connectivity index is 4.21. The van der Waals surface area contributed by atoms with Crippen LogP contribution in [-0.4, -0.2) is 87.4 Å². The minimum Gasteiger partial charge on any atom is -0.477 e. The van der Waals surface area contributed by atoms with Crippen molar-refractivity contribution in [3.63, 3.8) is 0 Å². The van der Waals surface area contributed by atoms with Crippen LogP contribution >= 0.6 is 0 Å². The van der Waals surface area contributed by atoms with E-state index >= 15 is 0 Å². The zero-order valence-corrected chi connectivity index (χ0v) is 40.6. The highest BCUT2D eigenvalue weighted by atomic mass is 16.7. The minimum atomic E-state index is -1.51. The fraction of sp³-hybridized carbons (Fsp3) is 0.865. The molecule has 0 aromatic heterocycles. The van der Waals surface area contributed by atoms with Gasteiger partial charge in [0.1, 0.15) is 13.2 Å². The molecule has 0 aliphatic carbocycles. The second-order valence-electron chi connectivity index (χ2n) is 18.5. The molecule has 2 unspecified atom stereocenters. The number of ether oxygens (including phenoxy) is 4. The molecule has 9 nitrogen and oxygen atoms in total. The molecule has 9 heteroatoms. The summed E-state index contributed by atoms with van der Waals surface area (Å²) >= 11 is 0. The third-order valence-corrected chi connectivity index (χ3v) is 11.2. The number of rotatable bonds is 47. The van der Waals surface area contributed by atoms with E-state index in [0.29, 0.717) is 17.4 Å². The van der Waals surface area contributed by atoms with Crippen LogP contribution in [0, 0.1) is 0 Å². The van der Waals surface area contributed by atoms with Gasteiger partial charge in [-0.25, -0.2) is 4.79 Å². The number of carboxylic acid groups (broad SMARTS) is 1. The fourth-order valence-electron chi connectivity index (χ4n) is 7.17. The molecule has 0 aliphatic heterocycles. The molecule has 0 aromatic rings. The Kier molecular flexibility index (Phi) is 42.8. The maximum absolute atomic E-state index is 12.8. The van der Waals surface area contributed by atoms with E-state index in [2.05, 4.69) is 38.2 Å². The summed E-state index contributed by atoms with van der Waals surface area (Å²) in [5.74, 6) is -2.01. The lowest BCUT2D eigenvalue weighted by atomic mass is 10.0. The van der Waals surface area contributed by atoms with Crippen molar-refractivity contribution in [2.45, 2.75) is 245 Å². The number of esters is 2. The molecule has 2 atom stereocenters. The highest BCUT2D eigenvalue weighted by molar-refractivity contribution is 5.71. The van der Waals surface area contributed by atoms with Crippen LogP contribution in [0.4, 0.5) is 0 Å². The van der Waals surface area contributed by atoms with Crippen LogP contribution in [0.1, 0.15) is 232 Å². The van der Waals surface area contributed by atoms with Crippen LogP contribution in [-0.2, 0) is 33.3 Å². The lowest BCUT2D eigenvalue weighted by Crippen LogP contribution is -2.40. The maximum Gasteiger partial charge on any atom is 0.361 e. The summed E-state index contributed by atoms with van der Waals surface area (Å²) in [6.07, 6.45) is 46.8. The average molecular weight is 865 g/mol. The SMILES string of the molecule is CCCC/C=C\CCCCCCCC(=O)OCC(COC(OCC[N+](C)(C)C)C(=O)O)OC(=O)CCCCCCCCCCCCCCC/C=C\CCCCCCCCCC. The normalized spacial score (nSPS) is 13.0. The lowest BCUT2D eigenvalue weighted by molar-refractivity contribution is -0.870. The molecule has 0 bridgehead atoms. The Morgan fingerprint density at radius 2 is 0.852 bits per heavy atom. The van der Waals surface area contributed by atoms with Crippen LogP contribution in [0.5, 0.6) is 0 Å². The van der Waals surface area contributed by atoms with Crippen molar-refractivity contribution >= 4 is 17.9 Å². The molecule has 61 heavy (non-hydrogen) atoms. The molecule has 1 N–H and O–H groups in total. The predicted molar refractivity (Wildman–Crippen MR) is 254 cm³/mol. The zero-order valence-electron chi connectivity index (χ0n) is 40.6. The van der Waals surface area contributed by atoms with Crippen molar-refractivity contribution in [3.05, 3.63) is 24.3 Å². The van der Waals surface area contributed by atoms with Crippen molar-refractivity contribution in [3.8, 4) is 0 Å². The Morgan fingerprint density at radius 1 is 0.475 bits per heavy atom. The Morgan fingerprint density at radius 3 is 1.26 bits per heavy atom. The monoisotopic (exact) mass is 865 g/mol. The maximum atomic E-state index is 12.8. The molecule has 358 valence electrons. The van der Waals surface area contributed by atoms with E-state index < -0.39 is 24.3 Å². The molecular weight excluding hydrogens is 767 g/mol. The quantitative estimate of drug-likeness (QED) is 0.0212. The number of carbonyl (C=O) groups excluding carboxylic acids is 2. The number of aliphatic carboxylic acids is 1. The van der Waals surface area contributed by atoms with Gasteiger partial charge in [0.2, 0.25) is 0 Å². The molecule has 0 aliphatic rings. The number of likely N-dealkylation sites (N-methyl/N-ethyl adjacent to an activating group) is 1. The molecule has 0 fully saturated rings. The molecule has 0 spiro atoms. The largest absolute Gasteiger partial charge is 0.477 e. The lowest BCUT2D eigenvalue weighted by Gasteiger charge is -2.25. The first-order valence-corrected chi connectivity index (χ1v) is 25.5. The number of unbranched alkanes of at least 4 members (excludes halogenated alkanes) is 28. The highest BCUT2D eigenvalue weighted by Crippen LogP contribution is 2.16. The summed E-state index contributed by atoms with van der Waals surface area (Å²) in [5.41, 5.74) is 0. The molecular formula is C52H98NO8+. The van der Waals surface area contributed by atoms with Gasteiger partial charge in [-0.3, -0.25) is 9.59 Å². The second-order valence-corrected chi connectivity index (χ2v) is 18.5. The predicted octanol–water partition coefficient (Wildman–Crippen LogP) is 14.0. The van der Waals surface area contributed by atoms with E-state index in [0.717, 1.165) is 64.2 Å². The van der Waals surface area contributed by atoms with Crippen molar-refractivity contribution in [1.29, 1.82) is 0 Å². The van der Waals surface area contributed by atoms with E-state index in [1.54, 1.807) is 0 Å². The summed E-state index contributed by atoms with van der Waals surface area (Å²) in [4.78, 5) is 37.1. The topological polar surface area (TPSA) is 108 Å². The number of allylic oxidation sites excluding steroid dienone is 4. The number of hydrogen-bond donors (Lipinski definition) is 1. The summed E-state index contributed by atoms with van der Waals surface area (Å²) < 4.78 is 22.8. The third-order valence-electron chi connectivity index (χ3n) is 11.2. The van der Waals surface area contributed by atoms with Gasteiger partial charge in [-0.1, -0.05) is 186 Å². The standard InChI is InChI=1S/C52H97NO8/c1-6-8-10-12-14-16-18-19-20-21-22-23-24-25-26-27-28-29-30-31-33-35-37-39-41-43-50(55)61-48(47-60-52(51(56)57)58-45-44-53(3,4)5)46-59-49(54)42-40-38-36-34-32-17-15-13-11-9-7-2/h13,15,21-22,48,52H,6-12,14,16-20,23-47H2,1-5H3/p+1/b15-13-,22-21-. The van der Waals surface area contributed by atoms with Crippen LogP contribution in [0.2, 0.25) is 0 Å². The van der Waals surface area contributed by atoms with Crippen molar-refractivity contribution in [1.82, 2.24) is 0 Å². The van der Waals surface area contributed by atoms with E-state index in [-0.39, 0.29) is 32.2 Å². The van der Waals surface area contributed by atoms with Crippen LogP contribution in [0.15, 0.2) is 24.3 Å². The zero-order chi connectivity index (χ0) is 44.9. The van der Waals surface area contributed by atoms with Gasteiger partial charge in [-0.2, -0.15) is 0 Å². The molecule has 0 amide bonds. The minimum absolute atomic E-state index is 0.183. The molecule has 0 rings (SSSR count). The first kappa shape index (κ1) is 58.8. The van der Waals surface area contributed by atoms with E-state index in [4.69, 9.17) is 18.9 Å². The highest BCUT2D eigenvalue weighted by Gasteiger charge is 2.25. The number of hydrogen-bond acceptors (Lipinski definition) is 7. The van der Waals surface area contributed by atoms with Gasteiger partial charge in [-0.05, 0) is 57.8 Å². The second kappa shape index (κ2) is 44.4. The van der Waals surface area contributed by atoms with Crippen molar-refractivity contribution in [2.75, 3.05) is 47.5 Å². The molecule has 0 saturated carbocycles. The summed E-state index contributed by atoms with van der Waals surface area (Å²) in [6.45, 7) is 4.84. The van der Waals surface area contributed by atoms with Crippen molar-refractivity contribution < 1.29 is 42.9 Å². The number of carboxylic acids is 1. The Hall–Kier alpha value is -2.23. The van der Waals surface area contributed by atoms with Gasteiger partial charge >= 0.3 is 17.9 Å². The van der Waals surface area contributed by atoms with Crippen molar-refractivity contribution in [2.24, 2.45) is 0 Å². The van der Waals surface area contributed by atoms with Gasteiger partial charge in [0.05, 0.1) is 34.4 Å². The van der Waals surface area contributed by atoms with Crippen LogP contribution < -0.4 is 0 Å². The summed E-state index contributed by atoms with van der Waals surface area (Å²) in [6, 6.07) is 0. The van der Waals surface area contributed by atoms with Gasteiger partial charge in [-0.15, -0.1) is 0 Å². The third kappa shape index (κ3) is 45.6. The van der Waals surface area contributed by atoms with E-state index in [9.17, 15) is 19.5 Å². The first-order chi connectivity index (χ1) is 29.6. The number of nitrogens with zero attached hydrogens (tertiary/aromatic N) is 1. The molecule has 0 saturated heterocycles. The smallest absolute Gasteiger partial charge is 0.361 e. The van der Waals surface area contributed by atoms with Crippen LogP contribution in [0.3, 0.4) is 0 Å². The molecule has 0 heterocycles. The van der Waals surface area contributed by atoms with Gasteiger partial charge in [0, 0.05) is 12.8 Å². The Labute approximate surface area is 376 Å². The van der Waals surface area contributed by atoms with E-state index in [1.807, 2.05) is 21.1 Å².